The first-order valence-corrected chi connectivity index (χ1v) is 9.50. The van der Waals surface area contributed by atoms with Crippen molar-refractivity contribution < 1.29 is 9.59 Å². The first kappa shape index (κ1) is 17.0. The van der Waals surface area contributed by atoms with Crippen molar-refractivity contribution in [2.24, 2.45) is 11.8 Å². The minimum absolute atomic E-state index is 0.0267. The summed E-state index contributed by atoms with van der Waals surface area (Å²) in [6.07, 6.45) is 6.03. The Kier molecular flexibility index (Phi) is 5.56. The largest absolute Gasteiger partial charge is 0.299 e. The first-order valence-electron chi connectivity index (χ1n) is 8.62. The molecule has 0 N–H and O–H groups in total. The Balaban J connectivity index is 1.61. The highest BCUT2D eigenvalue weighted by Crippen LogP contribution is 2.37. The van der Waals surface area contributed by atoms with Crippen LogP contribution in [0.2, 0.25) is 0 Å². The highest BCUT2D eigenvalue weighted by atomic mass is 32.1. The number of benzene rings is 1. The molecule has 4 heteroatoms. The number of ketones is 2. The van der Waals surface area contributed by atoms with Crippen molar-refractivity contribution in [3.63, 3.8) is 0 Å². The zero-order valence-corrected chi connectivity index (χ0v) is 14.8. The summed E-state index contributed by atoms with van der Waals surface area (Å²) in [5.41, 5.74) is 1.37. The molecule has 1 aromatic carbocycles. The summed E-state index contributed by atoms with van der Waals surface area (Å²) in [7, 11) is 0. The molecule has 126 valence electrons. The number of carbonyl (C=O) groups is 2. The van der Waals surface area contributed by atoms with Crippen LogP contribution in [-0.2, 0) is 16.0 Å². The van der Waals surface area contributed by atoms with Gasteiger partial charge in [0.1, 0.15) is 11.6 Å². The number of hydrogen-bond acceptors (Lipinski definition) is 4. The lowest BCUT2D eigenvalue weighted by atomic mass is 9.74. The van der Waals surface area contributed by atoms with Gasteiger partial charge in [-0.2, -0.15) is 0 Å². The maximum absolute atomic E-state index is 12.9. The summed E-state index contributed by atoms with van der Waals surface area (Å²) in [6, 6.07) is 10.5. The Morgan fingerprint density at radius 2 is 1.88 bits per heavy atom. The molecule has 0 aliphatic heterocycles. The van der Waals surface area contributed by atoms with Crippen LogP contribution in [0.4, 0.5) is 0 Å². The zero-order chi connectivity index (χ0) is 16.9. The molecule has 1 unspecified atom stereocenters. The smallest absolute Gasteiger partial charge is 0.146 e. The van der Waals surface area contributed by atoms with Crippen LogP contribution in [0.1, 0.15) is 49.1 Å². The van der Waals surface area contributed by atoms with Gasteiger partial charge in [-0.15, -0.1) is 11.3 Å². The molecule has 1 saturated carbocycles. The maximum atomic E-state index is 12.9. The molecule has 1 fully saturated rings. The third-order valence-electron chi connectivity index (χ3n) is 5.10. The number of nitrogens with zero attached hydrogens (tertiary/aromatic N) is 1. The van der Waals surface area contributed by atoms with Crippen molar-refractivity contribution in [2.75, 3.05) is 0 Å². The van der Waals surface area contributed by atoms with Crippen molar-refractivity contribution in [3.05, 3.63) is 52.5 Å². The molecule has 24 heavy (non-hydrogen) atoms. The second-order valence-corrected chi connectivity index (χ2v) is 7.63. The lowest BCUT2D eigenvalue weighted by molar-refractivity contribution is -0.134. The van der Waals surface area contributed by atoms with Gasteiger partial charge in [0.15, 0.2) is 0 Å². The molecule has 1 heterocycles. The predicted molar refractivity (Wildman–Crippen MR) is 96.1 cm³/mol. The monoisotopic (exact) mass is 341 g/mol. The van der Waals surface area contributed by atoms with E-state index in [4.69, 9.17) is 0 Å². The molecular formula is C20H23NO2S. The molecule has 3 nitrogen and oxygen atoms in total. The van der Waals surface area contributed by atoms with Crippen LogP contribution >= 0.6 is 11.3 Å². The minimum Gasteiger partial charge on any atom is -0.299 e. The van der Waals surface area contributed by atoms with E-state index in [0.717, 1.165) is 30.7 Å². The Morgan fingerprint density at radius 3 is 2.46 bits per heavy atom. The van der Waals surface area contributed by atoms with Gasteiger partial charge in [0.2, 0.25) is 0 Å². The van der Waals surface area contributed by atoms with E-state index in [0.29, 0.717) is 12.3 Å². The molecular weight excluding hydrogens is 318 g/mol. The third-order valence-corrected chi connectivity index (χ3v) is 5.90. The number of carbonyl (C=O) groups excluding carboxylic acids is 2. The Hall–Kier alpha value is -1.81. The van der Waals surface area contributed by atoms with Gasteiger partial charge in [-0.1, -0.05) is 30.3 Å². The summed E-state index contributed by atoms with van der Waals surface area (Å²) in [4.78, 5) is 29.1. The van der Waals surface area contributed by atoms with E-state index in [1.165, 1.54) is 23.8 Å². The lowest BCUT2D eigenvalue weighted by Crippen LogP contribution is -2.32. The molecule has 0 amide bonds. The molecule has 1 atom stereocenters. The van der Waals surface area contributed by atoms with Crippen LogP contribution in [0.5, 0.6) is 0 Å². The van der Waals surface area contributed by atoms with E-state index >= 15 is 0 Å². The molecule has 1 aromatic heterocycles. The molecule has 2 aromatic rings. The quantitative estimate of drug-likeness (QED) is 0.730. The minimum atomic E-state index is -0.519. The molecule has 0 bridgehead atoms. The highest BCUT2D eigenvalue weighted by Gasteiger charge is 2.33. The van der Waals surface area contributed by atoms with E-state index < -0.39 is 5.92 Å². The van der Waals surface area contributed by atoms with Gasteiger partial charge in [-0.3, -0.25) is 9.59 Å². The molecule has 0 saturated heterocycles. The summed E-state index contributed by atoms with van der Waals surface area (Å²) >= 11 is 1.51. The summed E-state index contributed by atoms with van der Waals surface area (Å²) in [5.74, 6) is 0.155. The van der Waals surface area contributed by atoms with Crippen molar-refractivity contribution in [1.29, 1.82) is 0 Å². The van der Waals surface area contributed by atoms with E-state index in [1.807, 2.05) is 11.4 Å². The highest BCUT2D eigenvalue weighted by molar-refractivity contribution is 7.09. The molecule has 1 aliphatic rings. The van der Waals surface area contributed by atoms with Crippen LogP contribution in [0.25, 0.3) is 0 Å². The normalized spacial score (nSPS) is 22.0. The fourth-order valence-electron chi connectivity index (χ4n) is 3.69. The van der Waals surface area contributed by atoms with Gasteiger partial charge in [-0.25, -0.2) is 4.98 Å². The van der Waals surface area contributed by atoms with E-state index in [-0.39, 0.29) is 17.5 Å². The maximum Gasteiger partial charge on any atom is 0.146 e. The van der Waals surface area contributed by atoms with Gasteiger partial charge < -0.3 is 0 Å². The number of aromatic nitrogens is 1. The topological polar surface area (TPSA) is 47.0 Å². The van der Waals surface area contributed by atoms with Crippen molar-refractivity contribution in [3.8, 4) is 0 Å². The average molecular weight is 341 g/mol. The standard InChI is InChI=1S/C20H23NO2S/c1-14(22)18(13-19-21-11-12-24-19)20(23)17-9-7-16(8-10-17)15-5-3-2-4-6-15/h2-6,11-12,16-18H,7-10,13H2,1H3. The SMILES string of the molecule is CC(=O)C(Cc1nccs1)C(=O)C1CCC(c2ccccc2)CC1. The van der Waals surface area contributed by atoms with E-state index in [9.17, 15) is 9.59 Å². The van der Waals surface area contributed by atoms with Crippen LogP contribution < -0.4 is 0 Å². The van der Waals surface area contributed by atoms with Crippen molar-refractivity contribution >= 4 is 22.9 Å². The fraction of sp³-hybridized carbons (Fsp3) is 0.450. The van der Waals surface area contributed by atoms with Crippen LogP contribution in [0, 0.1) is 11.8 Å². The van der Waals surface area contributed by atoms with E-state index in [2.05, 4.69) is 29.2 Å². The van der Waals surface area contributed by atoms with Crippen molar-refractivity contribution in [2.45, 2.75) is 44.9 Å². The Morgan fingerprint density at radius 1 is 1.17 bits per heavy atom. The average Bonchev–Trinajstić information content (AvgIpc) is 3.13. The predicted octanol–water partition coefficient (Wildman–Crippen LogP) is 4.43. The molecule has 1 aliphatic carbocycles. The number of thiazole rings is 1. The zero-order valence-electron chi connectivity index (χ0n) is 14.0. The fourth-order valence-corrected chi connectivity index (χ4v) is 4.36. The number of hydrogen-bond donors (Lipinski definition) is 0. The number of rotatable bonds is 6. The first-order chi connectivity index (χ1) is 11.6. The Bertz CT molecular complexity index is 673. The molecule has 0 radical (unpaired) electrons. The van der Waals surface area contributed by atoms with Crippen LogP contribution in [0.3, 0.4) is 0 Å². The summed E-state index contributed by atoms with van der Waals surface area (Å²) < 4.78 is 0. The second kappa shape index (κ2) is 7.84. The van der Waals surface area contributed by atoms with Gasteiger partial charge in [-0.05, 0) is 44.1 Å². The van der Waals surface area contributed by atoms with Crippen LogP contribution in [0.15, 0.2) is 41.9 Å². The Labute approximate surface area is 147 Å². The summed E-state index contributed by atoms with van der Waals surface area (Å²) in [5, 5.41) is 2.77. The van der Waals surface area contributed by atoms with Crippen LogP contribution in [-0.4, -0.2) is 16.6 Å². The van der Waals surface area contributed by atoms with Gasteiger partial charge in [0, 0.05) is 23.9 Å². The molecule has 3 rings (SSSR count). The summed E-state index contributed by atoms with van der Waals surface area (Å²) in [6.45, 7) is 1.53. The lowest BCUT2D eigenvalue weighted by Gasteiger charge is -2.29. The van der Waals surface area contributed by atoms with Gasteiger partial charge in [0.25, 0.3) is 0 Å². The second-order valence-electron chi connectivity index (χ2n) is 6.65. The van der Waals surface area contributed by atoms with E-state index in [1.54, 1.807) is 6.20 Å². The third kappa shape index (κ3) is 3.99. The molecule has 0 spiro atoms. The number of Topliss-reactive ketones (excluding diaryl/α,β-unsaturated/α-hetero) is 2. The van der Waals surface area contributed by atoms with Crippen molar-refractivity contribution in [1.82, 2.24) is 4.98 Å². The van der Waals surface area contributed by atoms with Gasteiger partial charge in [0.05, 0.1) is 10.9 Å². The van der Waals surface area contributed by atoms with Gasteiger partial charge >= 0.3 is 0 Å².